The second-order valence-corrected chi connectivity index (χ2v) is 6.13. The van der Waals surface area contributed by atoms with Crippen molar-refractivity contribution in [3.63, 3.8) is 0 Å². The van der Waals surface area contributed by atoms with Crippen molar-refractivity contribution < 1.29 is 14.7 Å². The molecule has 5 nitrogen and oxygen atoms in total. The highest BCUT2D eigenvalue weighted by molar-refractivity contribution is 5.90. The monoisotopic (exact) mass is 268 g/mol. The Bertz CT molecular complexity index is 369. The lowest BCUT2D eigenvalue weighted by Crippen LogP contribution is -2.62. The first-order valence-electron chi connectivity index (χ1n) is 7.20. The van der Waals surface area contributed by atoms with Gasteiger partial charge in [0.15, 0.2) is 0 Å². The van der Waals surface area contributed by atoms with Gasteiger partial charge in [-0.2, -0.15) is 0 Å². The molecule has 0 aromatic heterocycles. The molecule has 2 N–H and O–H groups in total. The lowest BCUT2D eigenvalue weighted by Gasteiger charge is -2.40. The number of carbonyl (C=O) groups is 2. The zero-order valence-electron chi connectivity index (χ0n) is 12.0. The van der Waals surface area contributed by atoms with Gasteiger partial charge >= 0.3 is 5.97 Å². The first kappa shape index (κ1) is 14.3. The van der Waals surface area contributed by atoms with Crippen molar-refractivity contribution in [3.05, 3.63) is 0 Å². The molecule has 0 radical (unpaired) electrons. The first-order valence-corrected chi connectivity index (χ1v) is 7.20. The van der Waals surface area contributed by atoms with Crippen LogP contribution in [0.4, 0.5) is 0 Å². The van der Waals surface area contributed by atoms with Crippen molar-refractivity contribution in [2.45, 2.75) is 76.5 Å². The quantitative estimate of drug-likeness (QED) is 0.808. The number of hydrogen-bond donors (Lipinski definition) is 2. The predicted octanol–water partition coefficient (Wildman–Crippen LogP) is 1.37. The van der Waals surface area contributed by atoms with E-state index in [0.29, 0.717) is 24.9 Å². The van der Waals surface area contributed by atoms with Crippen molar-refractivity contribution in [2.24, 2.45) is 0 Å². The Balaban J connectivity index is 2.01. The molecule has 108 valence electrons. The standard InChI is InChI=1S/C14H24N2O3/c1-9-5-6-10(2)16(9)11(3)12(17)15-14(13(18)19)7-4-8-14/h9-11H,4-8H2,1-3H3,(H,15,17)(H,18,19). The molecule has 3 atom stereocenters. The Morgan fingerprint density at radius 3 is 2.16 bits per heavy atom. The van der Waals surface area contributed by atoms with Gasteiger partial charge in [0.25, 0.3) is 0 Å². The highest BCUT2D eigenvalue weighted by atomic mass is 16.4. The maximum Gasteiger partial charge on any atom is 0.329 e. The van der Waals surface area contributed by atoms with E-state index in [4.69, 9.17) is 0 Å². The summed E-state index contributed by atoms with van der Waals surface area (Å²) in [7, 11) is 0. The van der Waals surface area contributed by atoms with Gasteiger partial charge in [-0.3, -0.25) is 9.69 Å². The van der Waals surface area contributed by atoms with Crippen LogP contribution >= 0.6 is 0 Å². The van der Waals surface area contributed by atoms with Crippen molar-refractivity contribution in [1.82, 2.24) is 10.2 Å². The third kappa shape index (κ3) is 2.48. The van der Waals surface area contributed by atoms with Gasteiger partial charge in [0, 0.05) is 12.1 Å². The number of amides is 1. The largest absolute Gasteiger partial charge is 0.480 e. The summed E-state index contributed by atoms with van der Waals surface area (Å²) in [6.07, 6.45) is 4.17. The molecule has 2 rings (SSSR count). The molecule has 1 aliphatic carbocycles. The van der Waals surface area contributed by atoms with Crippen LogP contribution in [0.2, 0.25) is 0 Å². The molecule has 5 heteroatoms. The van der Waals surface area contributed by atoms with Crippen LogP contribution in [-0.2, 0) is 9.59 Å². The molecule has 0 spiro atoms. The fourth-order valence-electron chi connectivity index (χ4n) is 3.38. The van der Waals surface area contributed by atoms with E-state index in [1.807, 2.05) is 6.92 Å². The second-order valence-electron chi connectivity index (χ2n) is 6.13. The smallest absolute Gasteiger partial charge is 0.329 e. The normalized spacial score (nSPS) is 31.5. The number of carboxylic acid groups (broad SMARTS) is 1. The third-order valence-electron chi connectivity index (χ3n) is 4.83. The van der Waals surface area contributed by atoms with E-state index in [-0.39, 0.29) is 11.9 Å². The van der Waals surface area contributed by atoms with Crippen molar-refractivity contribution in [3.8, 4) is 0 Å². The van der Waals surface area contributed by atoms with E-state index in [0.717, 1.165) is 19.3 Å². The first-order chi connectivity index (χ1) is 8.87. The molecule has 1 amide bonds. The molecule has 2 fully saturated rings. The van der Waals surface area contributed by atoms with Gasteiger partial charge in [-0.15, -0.1) is 0 Å². The van der Waals surface area contributed by atoms with Crippen LogP contribution in [0.1, 0.15) is 52.9 Å². The Hall–Kier alpha value is -1.10. The lowest BCUT2D eigenvalue weighted by atomic mass is 9.76. The molecular formula is C14H24N2O3. The van der Waals surface area contributed by atoms with Gasteiger partial charge in [-0.05, 0) is 52.9 Å². The minimum absolute atomic E-state index is 0.150. The van der Waals surface area contributed by atoms with Crippen LogP contribution in [0.5, 0.6) is 0 Å². The molecule has 3 unspecified atom stereocenters. The van der Waals surface area contributed by atoms with Crippen LogP contribution in [0.15, 0.2) is 0 Å². The number of nitrogens with one attached hydrogen (secondary N) is 1. The van der Waals surface area contributed by atoms with Gasteiger partial charge in [-0.25, -0.2) is 4.79 Å². The maximum atomic E-state index is 12.3. The van der Waals surface area contributed by atoms with Crippen molar-refractivity contribution in [1.29, 1.82) is 0 Å². The summed E-state index contributed by atoms with van der Waals surface area (Å²) in [4.78, 5) is 25.8. The van der Waals surface area contributed by atoms with Gasteiger partial charge in [-0.1, -0.05) is 0 Å². The number of hydrogen-bond acceptors (Lipinski definition) is 3. The molecule has 0 aromatic carbocycles. The summed E-state index contributed by atoms with van der Waals surface area (Å²) in [6.45, 7) is 6.13. The number of likely N-dealkylation sites (tertiary alicyclic amines) is 1. The van der Waals surface area contributed by atoms with E-state index in [9.17, 15) is 14.7 Å². The minimum atomic E-state index is -1.00. The zero-order chi connectivity index (χ0) is 14.2. The lowest BCUT2D eigenvalue weighted by molar-refractivity contribution is -0.152. The Morgan fingerprint density at radius 1 is 1.26 bits per heavy atom. The molecule has 0 bridgehead atoms. The molecule has 0 aromatic rings. The van der Waals surface area contributed by atoms with Crippen LogP contribution in [0.25, 0.3) is 0 Å². The molecule has 2 aliphatic rings. The van der Waals surface area contributed by atoms with Gasteiger partial charge < -0.3 is 10.4 Å². The average Bonchev–Trinajstić information content (AvgIpc) is 2.62. The molecule has 1 saturated carbocycles. The number of aliphatic carboxylic acids is 1. The SMILES string of the molecule is CC1CCC(C)N1C(C)C(=O)NC1(C(=O)O)CCC1. The topological polar surface area (TPSA) is 69.6 Å². The van der Waals surface area contributed by atoms with E-state index in [1.54, 1.807) is 0 Å². The highest BCUT2D eigenvalue weighted by Crippen LogP contribution is 2.33. The highest BCUT2D eigenvalue weighted by Gasteiger charge is 2.47. The summed E-state index contributed by atoms with van der Waals surface area (Å²) < 4.78 is 0. The third-order valence-corrected chi connectivity index (χ3v) is 4.83. The summed E-state index contributed by atoms with van der Waals surface area (Å²) in [5.74, 6) is -1.05. The minimum Gasteiger partial charge on any atom is -0.480 e. The maximum absolute atomic E-state index is 12.3. The molecule has 1 heterocycles. The molecule has 19 heavy (non-hydrogen) atoms. The van der Waals surface area contributed by atoms with E-state index < -0.39 is 11.5 Å². The van der Waals surface area contributed by atoms with Gasteiger partial charge in [0.05, 0.1) is 6.04 Å². The van der Waals surface area contributed by atoms with Crippen molar-refractivity contribution in [2.75, 3.05) is 0 Å². The van der Waals surface area contributed by atoms with E-state index >= 15 is 0 Å². The summed E-state index contributed by atoms with van der Waals surface area (Å²) in [5.41, 5.74) is -1.00. The second kappa shape index (κ2) is 5.12. The van der Waals surface area contributed by atoms with Crippen molar-refractivity contribution >= 4 is 11.9 Å². The fraction of sp³-hybridized carbons (Fsp3) is 0.857. The Labute approximate surface area is 114 Å². The molecule has 1 aliphatic heterocycles. The van der Waals surface area contributed by atoms with Crippen LogP contribution in [0.3, 0.4) is 0 Å². The average molecular weight is 268 g/mol. The van der Waals surface area contributed by atoms with Crippen LogP contribution < -0.4 is 5.32 Å². The number of carbonyl (C=O) groups excluding carboxylic acids is 1. The fourth-order valence-corrected chi connectivity index (χ4v) is 3.38. The number of rotatable bonds is 4. The zero-order valence-corrected chi connectivity index (χ0v) is 12.0. The van der Waals surface area contributed by atoms with Gasteiger partial charge in [0.1, 0.15) is 5.54 Å². The van der Waals surface area contributed by atoms with E-state index in [2.05, 4.69) is 24.1 Å². The number of nitrogens with zero attached hydrogens (tertiary/aromatic N) is 1. The van der Waals surface area contributed by atoms with Crippen LogP contribution in [0, 0.1) is 0 Å². The predicted molar refractivity (Wildman–Crippen MR) is 71.8 cm³/mol. The molecular weight excluding hydrogens is 244 g/mol. The Morgan fingerprint density at radius 2 is 1.79 bits per heavy atom. The van der Waals surface area contributed by atoms with Gasteiger partial charge in [0.2, 0.25) is 5.91 Å². The summed E-state index contributed by atoms with van der Waals surface area (Å²) in [6, 6.07) is 0.514. The Kier molecular flexibility index (Phi) is 3.85. The summed E-state index contributed by atoms with van der Waals surface area (Å²) >= 11 is 0. The van der Waals surface area contributed by atoms with E-state index in [1.165, 1.54) is 0 Å². The molecule has 1 saturated heterocycles. The summed E-state index contributed by atoms with van der Waals surface area (Å²) in [5, 5.41) is 12.0. The number of carboxylic acids is 1. The van der Waals surface area contributed by atoms with Crippen LogP contribution in [-0.4, -0.2) is 45.5 Å².